The molecule has 0 aromatic carbocycles. The number of aliphatic hydroxyl groups is 1. The number of hydrogen-bond acceptors (Lipinski definition) is 4. The third kappa shape index (κ3) is 2.49. The van der Waals surface area contributed by atoms with Gasteiger partial charge in [-0.05, 0) is 26.3 Å². The third-order valence-electron chi connectivity index (χ3n) is 2.35. The second-order valence-electron chi connectivity index (χ2n) is 4.08. The number of anilines is 1. The van der Waals surface area contributed by atoms with Crippen LogP contribution in [-0.4, -0.2) is 31.9 Å². The largest absolute Gasteiger partial charge is 0.393 e. The summed E-state index contributed by atoms with van der Waals surface area (Å²) in [7, 11) is 0. The molecule has 0 saturated carbocycles. The molecule has 0 aliphatic rings. The van der Waals surface area contributed by atoms with Crippen molar-refractivity contribution in [3.05, 3.63) is 24.5 Å². The molecule has 2 unspecified atom stereocenters. The molecule has 2 aromatic heterocycles. The van der Waals surface area contributed by atoms with Crippen LogP contribution in [0, 0.1) is 0 Å². The first-order valence-corrected chi connectivity index (χ1v) is 5.40. The quantitative estimate of drug-likeness (QED) is 0.815. The van der Waals surface area contributed by atoms with Crippen molar-refractivity contribution < 1.29 is 5.11 Å². The second kappa shape index (κ2) is 4.49. The van der Waals surface area contributed by atoms with Crippen molar-refractivity contribution in [2.45, 2.75) is 32.4 Å². The Hall–Kier alpha value is -1.62. The fourth-order valence-corrected chi connectivity index (χ4v) is 1.72. The van der Waals surface area contributed by atoms with Crippen LogP contribution < -0.4 is 5.32 Å². The average molecular weight is 220 g/mol. The molecular weight excluding hydrogens is 204 g/mol. The maximum absolute atomic E-state index is 9.26. The molecule has 0 amide bonds. The van der Waals surface area contributed by atoms with Crippen LogP contribution >= 0.6 is 0 Å². The molecular formula is C11H16N4O. The lowest BCUT2D eigenvalue weighted by atomic mass is 10.1. The first-order chi connectivity index (χ1) is 7.65. The molecule has 2 heterocycles. The van der Waals surface area contributed by atoms with E-state index in [1.54, 1.807) is 17.6 Å². The predicted molar refractivity (Wildman–Crippen MR) is 62.4 cm³/mol. The van der Waals surface area contributed by atoms with Crippen molar-refractivity contribution in [3.8, 4) is 0 Å². The van der Waals surface area contributed by atoms with Crippen molar-refractivity contribution in [1.29, 1.82) is 0 Å². The van der Waals surface area contributed by atoms with E-state index in [1.165, 1.54) is 0 Å². The maximum Gasteiger partial charge on any atom is 0.157 e. The van der Waals surface area contributed by atoms with E-state index in [0.29, 0.717) is 6.42 Å². The van der Waals surface area contributed by atoms with Crippen molar-refractivity contribution >= 4 is 11.5 Å². The Morgan fingerprint density at radius 1 is 1.44 bits per heavy atom. The van der Waals surface area contributed by atoms with Crippen molar-refractivity contribution in [3.63, 3.8) is 0 Å². The van der Waals surface area contributed by atoms with Crippen LogP contribution in [0.3, 0.4) is 0 Å². The van der Waals surface area contributed by atoms with Crippen LogP contribution in [-0.2, 0) is 0 Å². The normalized spacial score (nSPS) is 14.9. The smallest absolute Gasteiger partial charge is 0.157 e. The first kappa shape index (κ1) is 10.9. The minimum absolute atomic E-state index is 0.192. The van der Waals surface area contributed by atoms with Gasteiger partial charge in [-0.3, -0.25) is 0 Å². The van der Waals surface area contributed by atoms with Crippen LogP contribution in [0.4, 0.5) is 5.82 Å². The van der Waals surface area contributed by atoms with E-state index in [0.717, 1.165) is 11.5 Å². The second-order valence-corrected chi connectivity index (χ2v) is 4.08. The Balaban J connectivity index is 2.08. The van der Waals surface area contributed by atoms with E-state index in [9.17, 15) is 5.11 Å². The van der Waals surface area contributed by atoms with Gasteiger partial charge in [-0.1, -0.05) is 0 Å². The van der Waals surface area contributed by atoms with E-state index in [2.05, 4.69) is 15.4 Å². The van der Waals surface area contributed by atoms with Gasteiger partial charge in [-0.2, -0.15) is 5.10 Å². The maximum atomic E-state index is 9.26. The molecule has 0 saturated heterocycles. The lowest BCUT2D eigenvalue weighted by Crippen LogP contribution is -2.21. The molecule has 0 bridgehead atoms. The summed E-state index contributed by atoms with van der Waals surface area (Å²) in [5, 5.41) is 16.6. The molecule has 86 valence electrons. The lowest BCUT2D eigenvalue weighted by Gasteiger charge is -2.15. The highest BCUT2D eigenvalue weighted by molar-refractivity contribution is 5.45. The van der Waals surface area contributed by atoms with E-state index < -0.39 is 0 Å². The summed E-state index contributed by atoms with van der Waals surface area (Å²) in [4.78, 5) is 4.39. The Bertz CT molecular complexity index is 466. The summed E-state index contributed by atoms with van der Waals surface area (Å²) in [5.74, 6) is 0.807. The molecule has 2 rings (SSSR count). The third-order valence-corrected chi connectivity index (χ3v) is 2.35. The highest BCUT2D eigenvalue weighted by Gasteiger charge is 2.07. The zero-order valence-electron chi connectivity index (χ0n) is 9.46. The summed E-state index contributed by atoms with van der Waals surface area (Å²) in [6.45, 7) is 3.81. The first-order valence-electron chi connectivity index (χ1n) is 5.40. The van der Waals surface area contributed by atoms with Gasteiger partial charge in [0.05, 0.1) is 12.3 Å². The molecule has 5 heteroatoms. The number of nitrogens with one attached hydrogen (secondary N) is 1. The molecule has 16 heavy (non-hydrogen) atoms. The Labute approximate surface area is 94.1 Å². The number of hydrogen-bond donors (Lipinski definition) is 2. The Morgan fingerprint density at radius 2 is 2.25 bits per heavy atom. The van der Waals surface area contributed by atoms with Crippen molar-refractivity contribution in [2.24, 2.45) is 0 Å². The zero-order valence-corrected chi connectivity index (χ0v) is 9.46. The standard InChI is InChI=1S/C11H16N4O/c1-8(7-9(2)16)13-10-4-6-15-11(14-10)3-5-12-15/h3-6,8-9,16H,7H2,1-2H3,(H,13,14). The van der Waals surface area contributed by atoms with Gasteiger partial charge in [0.15, 0.2) is 5.65 Å². The number of rotatable bonds is 4. The Morgan fingerprint density at radius 3 is 3.00 bits per heavy atom. The summed E-state index contributed by atoms with van der Waals surface area (Å²) < 4.78 is 1.71. The van der Waals surface area contributed by atoms with Crippen LogP contribution in [0.15, 0.2) is 24.5 Å². The fraction of sp³-hybridized carbons (Fsp3) is 0.455. The van der Waals surface area contributed by atoms with Gasteiger partial charge in [0.1, 0.15) is 5.82 Å². The molecule has 2 N–H and O–H groups in total. The SMILES string of the molecule is CC(O)CC(C)Nc1ccn2nccc2n1. The molecule has 5 nitrogen and oxygen atoms in total. The summed E-state index contributed by atoms with van der Waals surface area (Å²) in [6.07, 6.45) is 3.97. The topological polar surface area (TPSA) is 62.5 Å². The fourth-order valence-electron chi connectivity index (χ4n) is 1.72. The minimum Gasteiger partial charge on any atom is -0.393 e. The van der Waals surface area contributed by atoms with E-state index in [1.807, 2.05) is 25.3 Å². The van der Waals surface area contributed by atoms with Crippen LogP contribution in [0.5, 0.6) is 0 Å². The molecule has 0 aliphatic carbocycles. The molecule has 2 atom stereocenters. The highest BCUT2D eigenvalue weighted by atomic mass is 16.3. The van der Waals surface area contributed by atoms with Gasteiger partial charge < -0.3 is 10.4 Å². The van der Waals surface area contributed by atoms with Gasteiger partial charge in [0, 0.05) is 18.3 Å². The molecule has 0 spiro atoms. The van der Waals surface area contributed by atoms with Gasteiger partial charge in [0.25, 0.3) is 0 Å². The van der Waals surface area contributed by atoms with Crippen LogP contribution in [0.2, 0.25) is 0 Å². The Kier molecular flexibility index (Phi) is 3.05. The molecule has 0 aliphatic heterocycles. The summed E-state index contributed by atoms with van der Waals surface area (Å²) in [5.41, 5.74) is 0.814. The number of aromatic nitrogens is 3. The monoisotopic (exact) mass is 220 g/mol. The van der Waals surface area contributed by atoms with E-state index in [-0.39, 0.29) is 12.1 Å². The number of aliphatic hydroxyl groups excluding tert-OH is 1. The number of nitrogens with zero attached hydrogens (tertiary/aromatic N) is 3. The zero-order chi connectivity index (χ0) is 11.5. The average Bonchev–Trinajstić information content (AvgIpc) is 2.63. The van der Waals surface area contributed by atoms with Gasteiger partial charge in [-0.15, -0.1) is 0 Å². The van der Waals surface area contributed by atoms with Crippen LogP contribution in [0.1, 0.15) is 20.3 Å². The van der Waals surface area contributed by atoms with Crippen molar-refractivity contribution in [2.75, 3.05) is 5.32 Å². The minimum atomic E-state index is -0.304. The lowest BCUT2D eigenvalue weighted by molar-refractivity contribution is 0.179. The van der Waals surface area contributed by atoms with E-state index in [4.69, 9.17) is 0 Å². The van der Waals surface area contributed by atoms with Gasteiger partial charge in [-0.25, -0.2) is 9.50 Å². The summed E-state index contributed by atoms with van der Waals surface area (Å²) in [6, 6.07) is 3.92. The highest BCUT2D eigenvalue weighted by Crippen LogP contribution is 2.09. The van der Waals surface area contributed by atoms with E-state index >= 15 is 0 Å². The molecule has 2 aromatic rings. The van der Waals surface area contributed by atoms with Crippen molar-refractivity contribution in [1.82, 2.24) is 14.6 Å². The molecule has 0 fully saturated rings. The number of fused-ring (bicyclic) bond motifs is 1. The molecule has 0 radical (unpaired) electrons. The van der Waals surface area contributed by atoms with Gasteiger partial charge >= 0.3 is 0 Å². The van der Waals surface area contributed by atoms with Gasteiger partial charge in [0.2, 0.25) is 0 Å². The van der Waals surface area contributed by atoms with Crippen LogP contribution in [0.25, 0.3) is 5.65 Å². The summed E-state index contributed by atoms with van der Waals surface area (Å²) >= 11 is 0. The predicted octanol–water partition coefficient (Wildman–Crippen LogP) is 1.30.